The van der Waals surface area contributed by atoms with E-state index in [4.69, 9.17) is 5.73 Å². The van der Waals surface area contributed by atoms with Crippen molar-refractivity contribution in [2.75, 3.05) is 11.1 Å². The number of carbonyl (C=O) groups excluding carboxylic acids is 1. The molecule has 0 radical (unpaired) electrons. The van der Waals surface area contributed by atoms with Crippen LogP contribution in [0.25, 0.3) is 0 Å². The smallest absolute Gasteiger partial charge is 0.258 e. The van der Waals surface area contributed by atoms with Crippen LogP contribution in [0.1, 0.15) is 15.9 Å². The number of carbonyl (C=O) groups is 1. The zero-order valence-electron chi connectivity index (χ0n) is 9.34. The molecular weight excluding hydrogens is 216 g/mol. The Hall–Kier alpha value is -2.43. The van der Waals surface area contributed by atoms with Gasteiger partial charge in [-0.25, -0.2) is 0 Å². The molecular formula is C12H12N4O. The zero-order chi connectivity index (χ0) is 12.3. The quantitative estimate of drug-likeness (QED) is 0.765. The molecule has 2 aromatic rings. The van der Waals surface area contributed by atoms with E-state index in [1.165, 1.54) is 6.20 Å². The molecule has 1 heterocycles. The lowest BCUT2D eigenvalue weighted by Crippen LogP contribution is -2.15. The van der Waals surface area contributed by atoms with Crippen molar-refractivity contribution in [3.8, 4) is 0 Å². The minimum Gasteiger partial charge on any atom is -0.398 e. The molecule has 0 aliphatic heterocycles. The second-order valence-electron chi connectivity index (χ2n) is 3.60. The highest BCUT2D eigenvalue weighted by atomic mass is 16.1. The van der Waals surface area contributed by atoms with Crippen LogP contribution in [0.15, 0.2) is 36.5 Å². The second-order valence-corrected chi connectivity index (χ2v) is 3.60. The number of amides is 1. The van der Waals surface area contributed by atoms with Gasteiger partial charge in [-0.2, -0.15) is 5.10 Å². The van der Waals surface area contributed by atoms with Gasteiger partial charge >= 0.3 is 0 Å². The number of para-hydroxylation sites is 1. The fourth-order valence-electron chi connectivity index (χ4n) is 1.43. The molecule has 0 saturated heterocycles. The molecule has 0 atom stereocenters. The first kappa shape index (κ1) is 11.1. The van der Waals surface area contributed by atoms with Crippen molar-refractivity contribution in [1.29, 1.82) is 0 Å². The number of nitrogen functional groups attached to an aromatic ring is 1. The Morgan fingerprint density at radius 3 is 2.82 bits per heavy atom. The summed E-state index contributed by atoms with van der Waals surface area (Å²) in [4.78, 5) is 11.9. The average Bonchev–Trinajstić information content (AvgIpc) is 2.34. The van der Waals surface area contributed by atoms with Crippen LogP contribution in [0.2, 0.25) is 0 Å². The fourth-order valence-corrected chi connectivity index (χ4v) is 1.43. The summed E-state index contributed by atoms with van der Waals surface area (Å²) in [5.74, 6) is 0.116. The van der Waals surface area contributed by atoms with Crippen LogP contribution < -0.4 is 11.1 Å². The fraction of sp³-hybridized carbons (Fsp3) is 0.0833. The molecule has 0 aliphatic carbocycles. The molecule has 5 nitrogen and oxygen atoms in total. The first-order valence-electron chi connectivity index (χ1n) is 5.12. The molecule has 1 aromatic heterocycles. The Morgan fingerprint density at radius 1 is 1.29 bits per heavy atom. The molecule has 5 heteroatoms. The van der Waals surface area contributed by atoms with E-state index in [9.17, 15) is 4.79 Å². The van der Waals surface area contributed by atoms with E-state index in [0.717, 1.165) is 5.56 Å². The molecule has 0 bridgehead atoms. The predicted octanol–water partition coefficient (Wildman–Crippen LogP) is 1.62. The van der Waals surface area contributed by atoms with Crippen LogP contribution in [-0.2, 0) is 0 Å². The molecule has 0 saturated carbocycles. The van der Waals surface area contributed by atoms with Gasteiger partial charge in [0.05, 0.1) is 5.56 Å². The van der Waals surface area contributed by atoms with Crippen LogP contribution in [0, 0.1) is 6.92 Å². The second kappa shape index (κ2) is 4.61. The van der Waals surface area contributed by atoms with E-state index >= 15 is 0 Å². The number of aryl methyl sites for hydroxylation is 1. The van der Waals surface area contributed by atoms with Crippen molar-refractivity contribution in [2.24, 2.45) is 0 Å². The number of rotatable bonds is 2. The van der Waals surface area contributed by atoms with Crippen LogP contribution in [0.4, 0.5) is 11.5 Å². The van der Waals surface area contributed by atoms with Gasteiger partial charge in [0.2, 0.25) is 0 Å². The van der Waals surface area contributed by atoms with E-state index in [2.05, 4.69) is 15.5 Å². The largest absolute Gasteiger partial charge is 0.398 e. The zero-order valence-corrected chi connectivity index (χ0v) is 9.34. The molecule has 0 aliphatic rings. The van der Waals surface area contributed by atoms with Crippen molar-refractivity contribution in [1.82, 2.24) is 10.2 Å². The summed E-state index contributed by atoms with van der Waals surface area (Å²) < 4.78 is 0. The standard InChI is InChI=1S/C12H12N4O/c1-8-4-2-5-9(11(8)13)12(17)15-10-6-3-7-14-16-10/h2-7H,13H2,1H3,(H,15,16,17). The Balaban J connectivity index is 2.24. The van der Waals surface area contributed by atoms with Gasteiger partial charge in [-0.15, -0.1) is 5.10 Å². The lowest BCUT2D eigenvalue weighted by molar-refractivity contribution is 0.102. The maximum atomic E-state index is 11.9. The van der Waals surface area contributed by atoms with Crippen molar-refractivity contribution < 1.29 is 4.79 Å². The number of nitrogens with zero attached hydrogens (tertiary/aromatic N) is 2. The van der Waals surface area contributed by atoms with Crippen LogP contribution in [0.5, 0.6) is 0 Å². The van der Waals surface area contributed by atoms with Gasteiger partial charge in [0.15, 0.2) is 5.82 Å². The van der Waals surface area contributed by atoms with Crippen LogP contribution >= 0.6 is 0 Å². The minimum atomic E-state index is -0.285. The number of benzene rings is 1. The number of anilines is 2. The molecule has 17 heavy (non-hydrogen) atoms. The molecule has 1 amide bonds. The number of nitrogens with two attached hydrogens (primary N) is 1. The molecule has 0 spiro atoms. The maximum absolute atomic E-state index is 11.9. The average molecular weight is 228 g/mol. The Kier molecular flexibility index (Phi) is 3.00. The number of hydrogen-bond acceptors (Lipinski definition) is 4. The van der Waals surface area contributed by atoms with Crippen LogP contribution in [-0.4, -0.2) is 16.1 Å². The van der Waals surface area contributed by atoms with Gasteiger partial charge in [-0.1, -0.05) is 12.1 Å². The molecule has 3 N–H and O–H groups in total. The van der Waals surface area contributed by atoms with E-state index in [-0.39, 0.29) is 5.91 Å². The number of aromatic nitrogens is 2. The Bertz CT molecular complexity index is 539. The third kappa shape index (κ3) is 2.39. The molecule has 1 aromatic carbocycles. The Labute approximate surface area is 98.7 Å². The summed E-state index contributed by atoms with van der Waals surface area (Å²) >= 11 is 0. The first-order valence-corrected chi connectivity index (χ1v) is 5.12. The summed E-state index contributed by atoms with van der Waals surface area (Å²) in [5, 5.41) is 10.1. The van der Waals surface area contributed by atoms with Gasteiger partial charge in [0.25, 0.3) is 5.91 Å². The van der Waals surface area contributed by atoms with Crippen molar-refractivity contribution in [2.45, 2.75) is 6.92 Å². The molecule has 2 rings (SSSR count). The lowest BCUT2D eigenvalue weighted by atomic mass is 10.1. The first-order chi connectivity index (χ1) is 8.18. The highest BCUT2D eigenvalue weighted by Gasteiger charge is 2.11. The summed E-state index contributed by atoms with van der Waals surface area (Å²) in [6.45, 7) is 1.86. The highest BCUT2D eigenvalue weighted by molar-refractivity contribution is 6.07. The van der Waals surface area contributed by atoms with E-state index in [1.807, 2.05) is 13.0 Å². The molecule has 0 fully saturated rings. The lowest BCUT2D eigenvalue weighted by Gasteiger charge is -2.08. The maximum Gasteiger partial charge on any atom is 0.258 e. The monoisotopic (exact) mass is 228 g/mol. The predicted molar refractivity (Wildman–Crippen MR) is 65.6 cm³/mol. The third-order valence-electron chi connectivity index (χ3n) is 2.38. The third-order valence-corrected chi connectivity index (χ3v) is 2.38. The van der Waals surface area contributed by atoms with E-state index in [0.29, 0.717) is 17.1 Å². The van der Waals surface area contributed by atoms with Gasteiger partial charge < -0.3 is 11.1 Å². The molecule has 86 valence electrons. The van der Waals surface area contributed by atoms with Gasteiger partial charge in [-0.05, 0) is 30.7 Å². The SMILES string of the molecule is Cc1cccc(C(=O)Nc2cccnn2)c1N. The van der Waals surface area contributed by atoms with Crippen molar-refractivity contribution in [3.63, 3.8) is 0 Å². The summed E-state index contributed by atoms with van der Waals surface area (Å²) in [7, 11) is 0. The number of nitrogens with one attached hydrogen (secondary N) is 1. The van der Waals surface area contributed by atoms with Gasteiger partial charge in [0, 0.05) is 11.9 Å². The summed E-state index contributed by atoms with van der Waals surface area (Å²) in [6, 6.07) is 8.68. The van der Waals surface area contributed by atoms with Gasteiger partial charge in [-0.3, -0.25) is 4.79 Å². The number of hydrogen-bond donors (Lipinski definition) is 2. The normalized spacial score (nSPS) is 9.94. The van der Waals surface area contributed by atoms with E-state index in [1.54, 1.807) is 24.3 Å². The van der Waals surface area contributed by atoms with Crippen LogP contribution in [0.3, 0.4) is 0 Å². The minimum absolute atomic E-state index is 0.285. The summed E-state index contributed by atoms with van der Waals surface area (Å²) in [5.41, 5.74) is 7.63. The van der Waals surface area contributed by atoms with Crippen molar-refractivity contribution in [3.05, 3.63) is 47.7 Å². The van der Waals surface area contributed by atoms with E-state index < -0.39 is 0 Å². The summed E-state index contributed by atoms with van der Waals surface area (Å²) in [6.07, 6.45) is 1.54. The highest BCUT2D eigenvalue weighted by Crippen LogP contribution is 2.17. The molecule has 0 unspecified atom stereocenters. The topological polar surface area (TPSA) is 80.9 Å². The Morgan fingerprint density at radius 2 is 2.12 bits per heavy atom. The van der Waals surface area contributed by atoms with Gasteiger partial charge in [0.1, 0.15) is 0 Å². The van der Waals surface area contributed by atoms with Crippen molar-refractivity contribution >= 4 is 17.4 Å².